The summed E-state index contributed by atoms with van der Waals surface area (Å²) in [5.41, 5.74) is 1.89. The summed E-state index contributed by atoms with van der Waals surface area (Å²) in [6.45, 7) is 4.80. The summed E-state index contributed by atoms with van der Waals surface area (Å²) in [6.07, 6.45) is -4.02. The summed E-state index contributed by atoms with van der Waals surface area (Å²) in [7, 11) is 0. The van der Waals surface area contributed by atoms with Gasteiger partial charge in [0.2, 0.25) is 17.7 Å². The Balaban J connectivity index is 2.00. The zero-order valence-electron chi connectivity index (χ0n) is 17.9. The van der Waals surface area contributed by atoms with Gasteiger partial charge in [-0.15, -0.1) is 5.10 Å². The average Bonchev–Trinajstić information content (AvgIpc) is 2.66. The molecule has 0 spiro atoms. The Kier molecular flexibility index (Phi) is 8.06. The SMILES string of the molecule is CC(=O)Nc1cc(C(C)NC(=O)Cc2cc(C)c(OCC(F)(F)C(F)F)nn2)cc(C)n1. The van der Waals surface area contributed by atoms with Gasteiger partial charge < -0.3 is 15.4 Å². The lowest BCUT2D eigenvalue weighted by Gasteiger charge is -2.17. The van der Waals surface area contributed by atoms with Crippen molar-refractivity contribution in [3.05, 3.63) is 40.7 Å². The Labute approximate surface area is 181 Å². The molecule has 0 aromatic carbocycles. The van der Waals surface area contributed by atoms with Crippen LogP contribution < -0.4 is 15.4 Å². The van der Waals surface area contributed by atoms with E-state index in [0.717, 1.165) is 5.56 Å². The number of carbonyl (C=O) groups is 2. The van der Waals surface area contributed by atoms with Gasteiger partial charge in [-0.2, -0.15) is 13.9 Å². The minimum absolute atomic E-state index is 0.158. The highest BCUT2D eigenvalue weighted by Crippen LogP contribution is 2.25. The standard InChI is InChI=1S/C20H23F4N5O3/c1-10-5-15(28-29-18(10)32-9-20(23,24)19(21)22)8-17(31)26-12(3)14-6-11(2)25-16(7-14)27-13(4)30/h5-7,12,19H,8-9H2,1-4H3,(H,26,31)(H,25,27,30). The quantitative estimate of drug-likeness (QED) is 0.561. The van der Waals surface area contributed by atoms with Crippen LogP contribution in [-0.2, 0) is 16.0 Å². The van der Waals surface area contributed by atoms with Crippen molar-refractivity contribution in [3.8, 4) is 5.88 Å². The van der Waals surface area contributed by atoms with Crippen molar-refractivity contribution in [1.29, 1.82) is 0 Å². The van der Waals surface area contributed by atoms with Crippen LogP contribution in [0.2, 0.25) is 0 Å². The summed E-state index contributed by atoms with van der Waals surface area (Å²) in [4.78, 5) is 27.8. The van der Waals surface area contributed by atoms with Crippen LogP contribution >= 0.6 is 0 Å². The predicted molar refractivity (Wildman–Crippen MR) is 107 cm³/mol. The minimum atomic E-state index is -4.31. The average molecular weight is 457 g/mol. The largest absolute Gasteiger partial charge is 0.470 e. The third kappa shape index (κ3) is 7.13. The van der Waals surface area contributed by atoms with Crippen molar-refractivity contribution in [1.82, 2.24) is 20.5 Å². The first kappa shape index (κ1) is 25.0. The summed E-state index contributed by atoms with van der Waals surface area (Å²) in [5, 5.41) is 12.7. The van der Waals surface area contributed by atoms with Crippen LogP contribution in [0, 0.1) is 13.8 Å². The number of hydrogen-bond donors (Lipinski definition) is 2. The molecule has 0 radical (unpaired) electrons. The summed E-state index contributed by atoms with van der Waals surface area (Å²) in [6, 6.07) is 4.40. The normalized spacial score (nSPS) is 12.4. The van der Waals surface area contributed by atoms with Crippen LogP contribution in [0.25, 0.3) is 0 Å². The van der Waals surface area contributed by atoms with Gasteiger partial charge in [0, 0.05) is 18.2 Å². The van der Waals surface area contributed by atoms with Crippen LogP contribution in [0.3, 0.4) is 0 Å². The van der Waals surface area contributed by atoms with Crippen LogP contribution in [0.4, 0.5) is 23.4 Å². The molecule has 8 nitrogen and oxygen atoms in total. The number of nitrogens with one attached hydrogen (secondary N) is 2. The number of carbonyl (C=O) groups excluding carboxylic acids is 2. The molecule has 174 valence electrons. The fourth-order valence-corrected chi connectivity index (χ4v) is 2.72. The molecule has 0 saturated heterocycles. The molecule has 0 bridgehead atoms. The number of aromatic nitrogens is 3. The zero-order valence-corrected chi connectivity index (χ0v) is 17.9. The topological polar surface area (TPSA) is 106 Å². The number of pyridine rings is 1. The summed E-state index contributed by atoms with van der Waals surface area (Å²) >= 11 is 0. The first-order valence-corrected chi connectivity index (χ1v) is 9.55. The number of halogens is 4. The van der Waals surface area contributed by atoms with E-state index < -0.39 is 25.0 Å². The van der Waals surface area contributed by atoms with E-state index in [4.69, 9.17) is 0 Å². The molecule has 2 heterocycles. The Bertz CT molecular complexity index is 988. The number of anilines is 1. The Morgan fingerprint density at radius 2 is 1.84 bits per heavy atom. The second-order valence-corrected chi connectivity index (χ2v) is 7.25. The third-order valence-corrected chi connectivity index (χ3v) is 4.21. The highest BCUT2D eigenvalue weighted by Gasteiger charge is 2.42. The van der Waals surface area contributed by atoms with Crippen LogP contribution in [0.15, 0.2) is 18.2 Å². The van der Waals surface area contributed by atoms with E-state index >= 15 is 0 Å². The maximum atomic E-state index is 13.0. The van der Waals surface area contributed by atoms with E-state index in [1.807, 2.05) is 0 Å². The molecule has 2 N–H and O–H groups in total. The maximum Gasteiger partial charge on any atom is 0.340 e. The zero-order chi connectivity index (χ0) is 24.1. The Morgan fingerprint density at radius 3 is 2.44 bits per heavy atom. The van der Waals surface area contributed by atoms with Crippen molar-refractivity contribution < 1.29 is 31.9 Å². The molecule has 2 rings (SSSR count). The molecular weight excluding hydrogens is 434 g/mol. The van der Waals surface area contributed by atoms with Crippen LogP contribution in [-0.4, -0.2) is 46.0 Å². The molecule has 0 saturated carbocycles. The molecule has 2 aromatic heterocycles. The highest BCUT2D eigenvalue weighted by atomic mass is 19.3. The number of hydrogen-bond acceptors (Lipinski definition) is 6. The van der Waals surface area contributed by atoms with Crippen LogP contribution in [0.1, 0.15) is 42.4 Å². The smallest absolute Gasteiger partial charge is 0.340 e. The number of rotatable bonds is 9. The van der Waals surface area contributed by atoms with Gasteiger partial charge in [-0.25, -0.2) is 13.8 Å². The highest BCUT2D eigenvalue weighted by molar-refractivity contribution is 5.87. The van der Waals surface area contributed by atoms with Gasteiger partial charge in [0.05, 0.1) is 18.2 Å². The van der Waals surface area contributed by atoms with Gasteiger partial charge in [0.25, 0.3) is 0 Å². The van der Waals surface area contributed by atoms with E-state index in [0.29, 0.717) is 11.5 Å². The van der Waals surface area contributed by atoms with Gasteiger partial charge >= 0.3 is 12.3 Å². The lowest BCUT2D eigenvalue weighted by atomic mass is 10.1. The second kappa shape index (κ2) is 10.3. The van der Waals surface area contributed by atoms with Crippen molar-refractivity contribution in [2.75, 3.05) is 11.9 Å². The fraction of sp³-hybridized carbons (Fsp3) is 0.450. The maximum absolute atomic E-state index is 13.0. The monoisotopic (exact) mass is 457 g/mol. The van der Waals surface area contributed by atoms with Crippen molar-refractivity contribution in [3.63, 3.8) is 0 Å². The molecule has 0 aliphatic rings. The first-order valence-electron chi connectivity index (χ1n) is 9.55. The molecule has 12 heteroatoms. The van der Waals surface area contributed by atoms with E-state index in [1.54, 1.807) is 26.0 Å². The van der Waals surface area contributed by atoms with Crippen molar-refractivity contribution in [2.45, 2.75) is 52.5 Å². The molecule has 2 amide bonds. The molecule has 2 aromatic rings. The molecule has 0 aliphatic carbocycles. The summed E-state index contributed by atoms with van der Waals surface area (Å²) in [5.74, 6) is -4.93. The van der Waals surface area contributed by atoms with E-state index in [-0.39, 0.29) is 35.4 Å². The third-order valence-electron chi connectivity index (χ3n) is 4.21. The van der Waals surface area contributed by atoms with E-state index in [9.17, 15) is 27.2 Å². The van der Waals surface area contributed by atoms with Crippen molar-refractivity contribution >= 4 is 17.6 Å². The van der Waals surface area contributed by atoms with Crippen LogP contribution in [0.5, 0.6) is 5.88 Å². The number of alkyl halides is 4. The van der Waals surface area contributed by atoms with Gasteiger partial charge in [-0.1, -0.05) is 0 Å². The Morgan fingerprint density at radius 1 is 1.16 bits per heavy atom. The predicted octanol–water partition coefficient (Wildman–Crippen LogP) is 3.15. The van der Waals surface area contributed by atoms with E-state index in [2.05, 4.69) is 30.6 Å². The molecule has 0 aliphatic heterocycles. The molecule has 32 heavy (non-hydrogen) atoms. The first-order chi connectivity index (χ1) is 14.9. The van der Waals surface area contributed by atoms with Crippen molar-refractivity contribution in [2.24, 2.45) is 0 Å². The second-order valence-electron chi connectivity index (χ2n) is 7.25. The van der Waals surface area contributed by atoms with Gasteiger partial charge in [0.1, 0.15) is 5.82 Å². The molecule has 0 fully saturated rings. The lowest BCUT2D eigenvalue weighted by Crippen LogP contribution is -2.34. The number of amides is 2. The molecular formula is C20H23F4N5O3. The van der Waals surface area contributed by atoms with Gasteiger partial charge in [0.15, 0.2) is 6.61 Å². The summed E-state index contributed by atoms with van der Waals surface area (Å²) < 4.78 is 55.1. The number of ether oxygens (including phenoxy) is 1. The van der Waals surface area contributed by atoms with Gasteiger partial charge in [-0.3, -0.25) is 9.59 Å². The minimum Gasteiger partial charge on any atom is -0.470 e. The van der Waals surface area contributed by atoms with E-state index in [1.165, 1.54) is 19.9 Å². The van der Waals surface area contributed by atoms with Gasteiger partial charge in [-0.05, 0) is 44.5 Å². The number of nitrogens with zero attached hydrogens (tertiary/aromatic N) is 3. The molecule has 1 unspecified atom stereocenters. The lowest BCUT2D eigenvalue weighted by molar-refractivity contribution is -0.148. The molecule has 1 atom stereocenters. The fourth-order valence-electron chi connectivity index (χ4n) is 2.72. The Hall–Kier alpha value is -3.31. The number of aryl methyl sites for hydroxylation is 2.